The van der Waals surface area contributed by atoms with Gasteiger partial charge in [0.2, 0.25) is 0 Å². The Kier molecular flexibility index (Phi) is 3.97. The maximum Gasteiger partial charge on any atom is 0.0700 e. The topological polar surface area (TPSA) is 12.5 Å². The lowest BCUT2D eigenvalue weighted by Gasteiger charge is -2.37. The van der Waals surface area contributed by atoms with Crippen molar-refractivity contribution in [1.29, 1.82) is 0 Å². The van der Waals surface area contributed by atoms with Crippen LogP contribution < -0.4 is 0 Å². The molecular formula is C14H21NO. The van der Waals surface area contributed by atoms with Crippen molar-refractivity contribution in [3.63, 3.8) is 0 Å². The smallest absolute Gasteiger partial charge is 0.0700 e. The first-order valence-corrected chi connectivity index (χ1v) is 6.19. The Hall–Kier alpha value is -0.860. The van der Waals surface area contributed by atoms with Crippen LogP contribution in [0.25, 0.3) is 0 Å². The van der Waals surface area contributed by atoms with Crippen molar-refractivity contribution in [2.75, 3.05) is 13.2 Å². The zero-order valence-electron chi connectivity index (χ0n) is 10.2. The zero-order valence-corrected chi connectivity index (χ0v) is 10.2. The molecule has 1 unspecified atom stereocenters. The highest BCUT2D eigenvalue weighted by molar-refractivity contribution is 5.14. The summed E-state index contributed by atoms with van der Waals surface area (Å²) in [6.07, 6.45) is 1.53. The summed E-state index contributed by atoms with van der Waals surface area (Å²) in [5, 5.41) is 0. The van der Waals surface area contributed by atoms with E-state index < -0.39 is 0 Å². The molecule has 2 heteroatoms. The molecule has 0 amide bonds. The highest BCUT2D eigenvalue weighted by atomic mass is 16.5. The monoisotopic (exact) mass is 219 g/mol. The van der Waals surface area contributed by atoms with E-state index in [0.29, 0.717) is 12.1 Å². The summed E-state index contributed by atoms with van der Waals surface area (Å²) in [5.41, 5.74) is 1.39. The molecule has 1 heterocycles. The number of benzene rings is 1. The molecule has 0 spiro atoms. The van der Waals surface area contributed by atoms with Crippen molar-refractivity contribution < 1.29 is 4.74 Å². The molecule has 0 bridgehead atoms. The van der Waals surface area contributed by atoms with Gasteiger partial charge in [0.05, 0.1) is 12.7 Å². The fourth-order valence-corrected chi connectivity index (χ4v) is 2.16. The van der Waals surface area contributed by atoms with E-state index >= 15 is 0 Å². The molecule has 0 aromatic heterocycles. The zero-order chi connectivity index (χ0) is 11.4. The lowest BCUT2D eigenvalue weighted by atomic mass is 10.1. The molecule has 1 aromatic rings. The van der Waals surface area contributed by atoms with E-state index in [9.17, 15) is 0 Å². The van der Waals surface area contributed by atoms with Gasteiger partial charge in [-0.25, -0.2) is 0 Å². The van der Waals surface area contributed by atoms with Gasteiger partial charge in [0.25, 0.3) is 0 Å². The van der Waals surface area contributed by atoms with Crippen LogP contribution in [0.5, 0.6) is 0 Å². The molecule has 0 saturated carbocycles. The summed E-state index contributed by atoms with van der Waals surface area (Å²) < 4.78 is 5.77. The van der Waals surface area contributed by atoms with Crippen molar-refractivity contribution in [3.8, 4) is 0 Å². The Morgan fingerprint density at radius 3 is 2.75 bits per heavy atom. The summed E-state index contributed by atoms with van der Waals surface area (Å²) in [6.45, 7) is 7.41. The summed E-state index contributed by atoms with van der Waals surface area (Å²) in [7, 11) is 0. The molecule has 0 aliphatic carbocycles. The average molecular weight is 219 g/mol. The molecule has 0 N–H and O–H groups in total. The van der Waals surface area contributed by atoms with Gasteiger partial charge in [-0.1, -0.05) is 37.3 Å². The molecule has 1 aliphatic rings. The molecule has 1 aliphatic heterocycles. The van der Waals surface area contributed by atoms with Crippen molar-refractivity contribution in [2.45, 2.75) is 39.0 Å². The number of morpholine rings is 1. The number of ether oxygens (including phenoxy) is 1. The van der Waals surface area contributed by atoms with Crippen LogP contribution in [-0.2, 0) is 11.3 Å². The van der Waals surface area contributed by atoms with E-state index in [2.05, 4.69) is 49.1 Å². The quantitative estimate of drug-likeness (QED) is 0.775. The van der Waals surface area contributed by atoms with Crippen LogP contribution >= 0.6 is 0 Å². The molecule has 2 nitrogen and oxygen atoms in total. The number of rotatable bonds is 3. The first kappa shape index (κ1) is 11.6. The third-order valence-corrected chi connectivity index (χ3v) is 3.32. The minimum atomic E-state index is 0.417. The van der Waals surface area contributed by atoms with Crippen molar-refractivity contribution in [1.82, 2.24) is 4.90 Å². The van der Waals surface area contributed by atoms with Crippen LogP contribution in [0, 0.1) is 0 Å². The number of hydrogen-bond acceptors (Lipinski definition) is 2. The lowest BCUT2D eigenvalue weighted by Crippen LogP contribution is -2.47. The first-order valence-electron chi connectivity index (χ1n) is 6.19. The van der Waals surface area contributed by atoms with Gasteiger partial charge >= 0.3 is 0 Å². The Bertz CT molecular complexity index is 312. The fraction of sp³-hybridized carbons (Fsp3) is 0.571. The molecule has 88 valence electrons. The molecule has 2 atom stereocenters. The minimum Gasteiger partial charge on any atom is -0.375 e. The number of hydrogen-bond donors (Lipinski definition) is 0. The SMILES string of the molecule is CCC1CN(Cc2ccccc2)[C@@H](C)CO1. The van der Waals surface area contributed by atoms with Crippen LogP contribution in [0.15, 0.2) is 30.3 Å². The predicted octanol–water partition coefficient (Wildman–Crippen LogP) is 2.69. The molecule has 2 rings (SSSR count). The highest BCUT2D eigenvalue weighted by Gasteiger charge is 2.24. The second-order valence-electron chi connectivity index (χ2n) is 4.63. The largest absolute Gasteiger partial charge is 0.375 e. The Morgan fingerprint density at radius 1 is 1.31 bits per heavy atom. The van der Waals surface area contributed by atoms with E-state index in [0.717, 1.165) is 26.1 Å². The molecule has 1 aromatic carbocycles. The van der Waals surface area contributed by atoms with E-state index in [1.807, 2.05) is 0 Å². The molecule has 1 saturated heterocycles. The third-order valence-electron chi connectivity index (χ3n) is 3.32. The van der Waals surface area contributed by atoms with Gasteiger partial charge in [-0.05, 0) is 18.9 Å². The van der Waals surface area contributed by atoms with Gasteiger partial charge in [-0.15, -0.1) is 0 Å². The molecule has 1 fully saturated rings. The number of nitrogens with zero attached hydrogens (tertiary/aromatic N) is 1. The van der Waals surface area contributed by atoms with E-state index in [4.69, 9.17) is 4.74 Å². The third kappa shape index (κ3) is 2.83. The van der Waals surface area contributed by atoms with Crippen LogP contribution in [-0.4, -0.2) is 30.2 Å². The normalized spacial score (nSPS) is 26.9. The Morgan fingerprint density at radius 2 is 2.06 bits per heavy atom. The van der Waals surface area contributed by atoms with Crippen LogP contribution in [0.3, 0.4) is 0 Å². The molecule has 0 radical (unpaired) electrons. The highest BCUT2D eigenvalue weighted by Crippen LogP contribution is 2.16. The Balaban J connectivity index is 1.97. The maximum atomic E-state index is 5.77. The van der Waals surface area contributed by atoms with Gasteiger partial charge in [0, 0.05) is 19.1 Å². The standard InChI is InChI=1S/C14H21NO/c1-3-14-10-15(12(2)11-16-14)9-13-7-5-4-6-8-13/h4-8,12,14H,3,9-11H2,1-2H3/t12-,14?/m0/s1. The molecule has 16 heavy (non-hydrogen) atoms. The van der Waals surface area contributed by atoms with Gasteiger partial charge in [-0.3, -0.25) is 4.90 Å². The van der Waals surface area contributed by atoms with Crippen LogP contribution in [0.4, 0.5) is 0 Å². The minimum absolute atomic E-state index is 0.417. The van der Waals surface area contributed by atoms with Gasteiger partial charge in [-0.2, -0.15) is 0 Å². The van der Waals surface area contributed by atoms with Crippen LogP contribution in [0.2, 0.25) is 0 Å². The second kappa shape index (κ2) is 5.46. The second-order valence-corrected chi connectivity index (χ2v) is 4.63. The summed E-state index contributed by atoms with van der Waals surface area (Å²) in [5.74, 6) is 0. The first-order chi connectivity index (χ1) is 7.79. The van der Waals surface area contributed by atoms with Gasteiger partial charge in [0.15, 0.2) is 0 Å². The maximum absolute atomic E-state index is 5.77. The van der Waals surface area contributed by atoms with Crippen molar-refractivity contribution in [3.05, 3.63) is 35.9 Å². The van der Waals surface area contributed by atoms with E-state index in [1.165, 1.54) is 5.56 Å². The van der Waals surface area contributed by atoms with Crippen molar-refractivity contribution >= 4 is 0 Å². The van der Waals surface area contributed by atoms with Gasteiger partial charge < -0.3 is 4.74 Å². The predicted molar refractivity (Wildman–Crippen MR) is 66.3 cm³/mol. The Labute approximate surface area is 98.2 Å². The molecular weight excluding hydrogens is 198 g/mol. The average Bonchev–Trinajstić information content (AvgIpc) is 2.33. The van der Waals surface area contributed by atoms with Gasteiger partial charge in [0.1, 0.15) is 0 Å². The lowest BCUT2D eigenvalue weighted by molar-refractivity contribution is -0.0623. The van der Waals surface area contributed by atoms with Crippen molar-refractivity contribution in [2.24, 2.45) is 0 Å². The summed E-state index contributed by atoms with van der Waals surface area (Å²) in [6, 6.07) is 11.2. The summed E-state index contributed by atoms with van der Waals surface area (Å²) >= 11 is 0. The van der Waals surface area contributed by atoms with E-state index in [1.54, 1.807) is 0 Å². The summed E-state index contributed by atoms with van der Waals surface area (Å²) in [4.78, 5) is 2.52. The fourth-order valence-electron chi connectivity index (χ4n) is 2.16. The van der Waals surface area contributed by atoms with E-state index in [-0.39, 0.29) is 0 Å². The van der Waals surface area contributed by atoms with Crippen LogP contribution in [0.1, 0.15) is 25.8 Å².